The Morgan fingerprint density at radius 2 is 1.64 bits per heavy atom. The van der Waals surface area contributed by atoms with Gasteiger partial charge in [-0.1, -0.05) is 45.8 Å². The van der Waals surface area contributed by atoms with Crippen molar-refractivity contribution < 1.29 is 23.9 Å². The maximum absolute atomic E-state index is 12.4. The summed E-state index contributed by atoms with van der Waals surface area (Å²) >= 11 is 0. The molecule has 1 saturated heterocycles. The minimum absolute atomic E-state index is 0.0136. The van der Waals surface area contributed by atoms with E-state index < -0.39 is 0 Å². The lowest BCUT2D eigenvalue weighted by atomic mass is 9.35. The summed E-state index contributed by atoms with van der Waals surface area (Å²) in [5.41, 5.74) is 3.95. The molecule has 0 bridgehead atoms. The van der Waals surface area contributed by atoms with Crippen molar-refractivity contribution in [1.29, 1.82) is 0 Å². The zero-order chi connectivity index (χ0) is 30.2. The molecule has 42 heavy (non-hydrogen) atoms. The lowest BCUT2D eigenvalue weighted by molar-refractivity contribution is -0.209. The third-order valence-corrected chi connectivity index (χ3v) is 15.0. The van der Waals surface area contributed by atoms with E-state index in [0.29, 0.717) is 47.0 Å². The number of fused-ring (bicyclic) bond motifs is 7. The summed E-state index contributed by atoms with van der Waals surface area (Å²) in [4.78, 5) is 36.4. The van der Waals surface area contributed by atoms with Crippen LogP contribution in [-0.4, -0.2) is 24.5 Å². The molecule has 6 rings (SSSR count). The molecular formula is C37H56O5. The molecule has 10 unspecified atom stereocenters. The molecule has 234 valence electrons. The second-order valence-corrected chi connectivity index (χ2v) is 17.0. The quantitative estimate of drug-likeness (QED) is 0.190. The number of rotatable bonds is 4. The number of hydrogen-bond acceptors (Lipinski definition) is 5. The Hall–Kier alpha value is -1.65. The number of esters is 3. The smallest absolute Gasteiger partial charge is 0.317 e. The van der Waals surface area contributed by atoms with Gasteiger partial charge in [0.2, 0.25) is 0 Å². The average Bonchev–Trinajstić information content (AvgIpc) is 3.24. The summed E-state index contributed by atoms with van der Waals surface area (Å²) in [6, 6.07) is 0. The summed E-state index contributed by atoms with van der Waals surface area (Å²) in [5, 5.41) is 0. The fraction of sp³-hybridized carbons (Fsp3) is 0.865. The molecule has 6 fully saturated rings. The number of carbonyl (C=O) groups excluding carboxylic acids is 3. The van der Waals surface area contributed by atoms with Gasteiger partial charge in [-0.15, -0.1) is 0 Å². The van der Waals surface area contributed by atoms with Crippen LogP contribution in [0.4, 0.5) is 0 Å². The molecule has 0 amide bonds. The first-order chi connectivity index (χ1) is 19.7. The Morgan fingerprint density at radius 3 is 2.33 bits per heavy atom. The van der Waals surface area contributed by atoms with E-state index in [4.69, 9.17) is 9.47 Å². The van der Waals surface area contributed by atoms with E-state index in [-0.39, 0.29) is 35.7 Å². The number of hydrogen-bond donors (Lipinski definition) is 0. The Morgan fingerprint density at radius 1 is 0.905 bits per heavy atom. The molecule has 5 heteroatoms. The van der Waals surface area contributed by atoms with E-state index in [9.17, 15) is 14.4 Å². The molecule has 6 aliphatic rings. The standard InChI is InChI=1S/C37H56O5/c1-22(19-25-20-31(39)42-33(25)40)26-9-8-15-37(21-41-24(3)38)18-13-28-27(32(26)37)10-11-30-35(28,6)17-14-29-34(4,5)23(2)12-16-36(29,30)7/h23,25,27-30,32H,8-21H2,1-7H3/b26-22+. The molecule has 1 heterocycles. The van der Waals surface area contributed by atoms with E-state index in [0.717, 1.165) is 43.4 Å². The zero-order valence-electron chi connectivity index (χ0n) is 27.5. The average molecular weight is 581 g/mol. The molecule has 5 nitrogen and oxygen atoms in total. The van der Waals surface area contributed by atoms with Gasteiger partial charge in [-0.3, -0.25) is 14.4 Å². The first-order valence-corrected chi connectivity index (χ1v) is 17.3. The van der Waals surface area contributed by atoms with Crippen molar-refractivity contribution >= 4 is 17.9 Å². The predicted octanol–water partition coefficient (Wildman–Crippen LogP) is 8.45. The summed E-state index contributed by atoms with van der Waals surface area (Å²) < 4.78 is 10.8. The zero-order valence-corrected chi connectivity index (χ0v) is 27.5. The molecule has 10 atom stereocenters. The van der Waals surface area contributed by atoms with Crippen LogP contribution in [0.15, 0.2) is 11.1 Å². The molecular weight excluding hydrogens is 524 g/mol. The van der Waals surface area contributed by atoms with E-state index >= 15 is 0 Å². The van der Waals surface area contributed by atoms with Crippen molar-refractivity contribution in [3.63, 3.8) is 0 Å². The van der Waals surface area contributed by atoms with Crippen molar-refractivity contribution in [3.05, 3.63) is 11.1 Å². The van der Waals surface area contributed by atoms with Gasteiger partial charge < -0.3 is 9.47 Å². The summed E-state index contributed by atoms with van der Waals surface area (Å²) in [6.45, 7) is 17.3. The number of cyclic esters (lactones) is 2. The van der Waals surface area contributed by atoms with Crippen molar-refractivity contribution in [1.82, 2.24) is 0 Å². The molecule has 1 aliphatic heterocycles. The van der Waals surface area contributed by atoms with Crippen molar-refractivity contribution in [2.45, 2.75) is 132 Å². The minimum Gasteiger partial charge on any atom is -0.465 e. The van der Waals surface area contributed by atoms with Crippen LogP contribution in [0, 0.1) is 63.1 Å². The Bertz CT molecular complexity index is 1170. The topological polar surface area (TPSA) is 69.7 Å². The van der Waals surface area contributed by atoms with Gasteiger partial charge >= 0.3 is 17.9 Å². The highest BCUT2D eigenvalue weighted by atomic mass is 16.6. The lowest BCUT2D eigenvalue weighted by Crippen LogP contribution is -2.63. The Kier molecular flexibility index (Phi) is 7.57. The maximum Gasteiger partial charge on any atom is 0.317 e. The van der Waals surface area contributed by atoms with Crippen molar-refractivity contribution in [2.24, 2.45) is 63.1 Å². The first-order valence-electron chi connectivity index (χ1n) is 17.3. The van der Waals surface area contributed by atoms with Gasteiger partial charge in [0, 0.05) is 12.3 Å². The van der Waals surface area contributed by atoms with Gasteiger partial charge in [-0.25, -0.2) is 0 Å². The molecule has 0 radical (unpaired) electrons. The molecule has 0 spiro atoms. The van der Waals surface area contributed by atoms with E-state index in [1.54, 1.807) is 6.92 Å². The van der Waals surface area contributed by atoms with Gasteiger partial charge in [0.1, 0.15) is 0 Å². The second kappa shape index (κ2) is 10.5. The van der Waals surface area contributed by atoms with E-state index in [2.05, 4.69) is 41.5 Å². The first kappa shape index (κ1) is 30.4. The second-order valence-electron chi connectivity index (χ2n) is 17.0. The summed E-state index contributed by atoms with van der Waals surface area (Å²) in [6.07, 6.45) is 14.4. The predicted molar refractivity (Wildman–Crippen MR) is 163 cm³/mol. The number of ether oxygens (including phenoxy) is 2. The molecule has 0 aromatic rings. The summed E-state index contributed by atoms with van der Waals surface area (Å²) in [7, 11) is 0. The fourth-order valence-electron chi connectivity index (χ4n) is 12.7. The van der Waals surface area contributed by atoms with Crippen LogP contribution in [0.5, 0.6) is 0 Å². The van der Waals surface area contributed by atoms with Crippen molar-refractivity contribution in [3.8, 4) is 0 Å². The van der Waals surface area contributed by atoms with Crippen LogP contribution < -0.4 is 0 Å². The lowest BCUT2D eigenvalue weighted by Gasteiger charge is -2.70. The molecule has 5 aliphatic carbocycles. The third kappa shape index (κ3) is 4.56. The molecule has 5 saturated carbocycles. The van der Waals surface area contributed by atoms with Gasteiger partial charge in [0.25, 0.3) is 0 Å². The Balaban J connectivity index is 1.36. The van der Waals surface area contributed by atoms with Crippen molar-refractivity contribution in [2.75, 3.05) is 6.61 Å². The summed E-state index contributed by atoms with van der Waals surface area (Å²) in [5.74, 6) is 2.76. The van der Waals surface area contributed by atoms with Crippen LogP contribution in [0.25, 0.3) is 0 Å². The van der Waals surface area contributed by atoms with Gasteiger partial charge in [0.15, 0.2) is 0 Å². The Labute approximate surface area is 254 Å². The maximum atomic E-state index is 12.4. The highest BCUT2D eigenvalue weighted by Gasteiger charge is 2.66. The van der Waals surface area contributed by atoms with Gasteiger partial charge in [-0.2, -0.15) is 0 Å². The molecule has 0 aromatic carbocycles. The highest BCUT2D eigenvalue weighted by Crippen LogP contribution is 2.73. The normalized spacial score (nSPS) is 47.4. The largest absolute Gasteiger partial charge is 0.465 e. The van der Waals surface area contributed by atoms with Crippen LogP contribution in [0.3, 0.4) is 0 Å². The monoisotopic (exact) mass is 580 g/mol. The molecule has 0 N–H and O–H groups in total. The SMILES string of the molecule is CC(=O)OCC12CCC/C(=C(/C)CC3CC(=O)OC3=O)C1C1CCC3C(C)(CCC4C(C)(C)C(C)CCC43C)C1CC2. The van der Waals surface area contributed by atoms with Gasteiger partial charge in [-0.05, 0) is 136 Å². The molecule has 0 aromatic heterocycles. The van der Waals surface area contributed by atoms with Crippen LogP contribution in [-0.2, 0) is 23.9 Å². The minimum atomic E-state index is -0.385. The van der Waals surface area contributed by atoms with Crippen LogP contribution in [0.1, 0.15) is 132 Å². The van der Waals surface area contributed by atoms with Gasteiger partial charge in [0.05, 0.1) is 18.9 Å². The van der Waals surface area contributed by atoms with Crippen LogP contribution >= 0.6 is 0 Å². The number of allylic oxidation sites excluding steroid dienone is 2. The number of carbonyl (C=O) groups is 3. The highest BCUT2D eigenvalue weighted by molar-refractivity contribution is 5.94. The third-order valence-electron chi connectivity index (χ3n) is 15.0. The van der Waals surface area contributed by atoms with E-state index in [1.165, 1.54) is 56.1 Å². The van der Waals surface area contributed by atoms with E-state index in [1.807, 2.05) is 0 Å². The fourth-order valence-corrected chi connectivity index (χ4v) is 12.7. The van der Waals surface area contributed by atoms with Crippen LogP contribution in [0.2, 0.25) is 0 Å².